The Labute approximate surface area is 124 Å². The van der Waals surface area contributed by atoms with Gasteiger partial charge in [-0.1, -0.05) is 0 Å². The largest absolute Gasteiger partial charge is 0.462 e. The molecule has 0 bridgehead atoms. The smallest absolute Gasteiger partial charge is 0.340 e. The third-order valence-corrected chi connectivity index (χ3v) is 2.54. The van der Waals surface area contributed by atoms with Crippen LogP contribution in [-0.2, 0) is 9.53 Å². The second kappa shape index (κ2) is 8.08. The maximum absolute atomic E-state index is 11.7. The van der Waals surface area contributed by atoms with E-state index >= 15 is 0 Å². The molecule has 1 aromatic rings. The Hall–Kier alpha value is -2.31. The predicted molar refractivity (Wildman–Crippen MR) is 81.0 cm³/mol. The van der Waals surface area contributed by atoms with Gasteiger partial charge in [0.2, 0.25) is 5.91 Å². The topological polar surface area (TPSA) is 106 Å². The molecule has 0 radical (unpaired) electrons. The monoisotopic (exact) mass is 294 g/mol. The van der Waals surface area contributed by atoms with Crippen LogP contribution in [0.3, 0.4) is 0 Å². The number of nitrogens with zero attached hydrogens (tertiary/aromatic N) is 1. The molecule has 0 saturated carbocycles. The normalized spacial score (nSPS) is 10.3. The fourth-order valence-corrected chi connectivity index (χ4v) is 1.65. The molecule has 1 rings (SSSR count). The van der Waals surface area contributed by atoms with Gasteiger partial charge in [-0.3, -0.25) is 4.79 Å². The summed E-state index contributed by atoms with van der Waals surface area (Å²) in [5.41, 5.74) is 6.22. The van der Waals surface area contributed by atoms with Crippen LogP contribution in [0.25, 0.3) is 0 Å². The first-order chi connectivity index (χ1) is 9.93. The minimum atomic E-state index is -0.488. The number of amides is 1. The van der Waals surface area contributed by atoms with E-state index in [2.05, 4.69) is 15.6 Å². The zero-order valence-corrected chi connectivity index (χ0v) is 12.6. The number of ether oxygens (including phenoxy) is 1. The maximum atomic E-state index is 11.7. The minimum Gasteiger partial charge on any atom is -0.462 e. The first kappa shape index (κ1) is 16.7. The molecule has 0 fully saturated rings. The molecule has 0 aliphatic carbocycles. The molecule has 116 valence electrons. The van der Waals surface area contributed by atoms with E-state index in [4.69, 9.17) is 10.5 Å². The third kappa shape index (κ3) is 5.68. The van der Waals surface area contributed by atoms with Gasteiger partial charge in [-0.2, -0.15) is 0 Å². The van der Waals surface area contributed by atoms with E-state index in [1.807, 2.05) is 13.8 Å². The van der Waals surface area contributed by atoms with Crippen molar-refractivity contribution < 1.29 is 14.3 Å². The van der Waals surface area contributed by atoms with Gasteiger partial charge < -0.3 is 21.1 Å². The van der Waals surface area contributed by atoms with Crippen molar-refractivity contribution in [3.05, 3.63) is 17.8 Å². The molecular weight excluding hydrogens is 272 g/mol. The predicted octanol–water partition coefficient (Wildman–Crippen LogP) is 1.17. The number of nitrogen functional groups attached to an aromatic ring is 1. The van der Waals surface area contributed by atoms with Crippen LogP contribution in [0, 0.1) is 0 Å². The molecule has 1 aromatic heterocycles. The molecule has 7 nitrogen and oxygen atoms in total. The average Bonchev–Trinajstić information content (AvgIpc) is 2.40. The number of aromatic nitrogens is 1. The molecule has 0 aliphatic heterocycles. The van der Waals surface area contributed by atoms with E-state index in [1.54, 1.807) is 6.92 Å². The van der Waals surface area contributed by atoms with Crippen molar-refractivity contribution in [2.75, 3.05) is 24.2 Å². The Morgan fingerprint density at radius 2 is 2.14 bits per heavy atom. The average molecular weight is 294 g/mol. The standard InChI is InChI=1S/C14H22N4O3/c1-4-21-14(20)10-7-12(17-8-11(10)15)16-6-5-13(19)18-9(2)3/h7-9H,4-6,15H2,1-3H3,(H,16,17)(H,18,19). The van der Waals surface area contributed by atoms with Crippen molar-refractivity contribution in [1.82, 2.24) is 10.3 Å². The van der Waals surface area contributed by atoms with Crippen LogP contribution in [0.1, 0.15) is 37.6 Å². The number of hydrogen-bond acceptors (Lipinski definition) is 6. The fourth-order valence-electron chi connectivity index (χ4n) is 1.65. The molecule has 0 saturated heterocycles. The summed E-state index contributed by atoms with van der Waals surface area (Å²) in [5, 5.41) is 5.77. The van der Waals surface area contributed by atoms with Crippen molar-refractivity contribution >= 4 is 23.4 Å². The number of carbonyl (C=O) groups excluding carboxylic acids is 2. The van der Waals surface area contributed by atoms with E-state index in [9.17, 15) is 9.59 Å². The summed E-state index contributed by atoms with van der Waals surface area (Å²) in [7, 11) is 0. The highest BCUT2D eigenvalue weighted by Crippen LogP contribution is 2.16. The Bertz CT molecular complexity index is 503. The van der Waals surface area contributed by atoms with Crippen LogP contribution < -0.4 is 16.4 Å². The Kier molecular flexibility index (Phi) is 6.45. The molecule has 0 spiro atoms. The van der Waals surface area contributed by atoms with Crippen molar-refractivity contribution in [3.8, 4) is 0 Å². The number of esters is 1. The number of rotatable bonds is 7. The zero-order chi connectivity index (χ0) is 15.8. The molecule has 0 aromatic carbocycles. The molecule has 1 heterocycles. The summed E-state index contributed by atoms with van der Waals surface area (Å²) < 4.78 is 4.91. The maximum Gasteiger partial charge on any atom is 0.340 e. The van der Waals surface area contributed by atoms with E-state index in [1.165, 1.54) is 12.3 Å². The van der Waals surface area contributed by atoms with Crippen LogP contribution in [-0.4, -0.2) is 36.1 Å². The molecule has 0 aliphatic rings. The quantitative estimate of drug-likeness (QED) is 0.652. The first-order valence-corrected chi connectivity index (χ1v) is 6.90. The molecule has 0 atom stereocenters. The Morgan fingerprint density at radius 3 is 2.76 bits per heavy atom. The van der Waals surface area contributed by atoms with Crippen LogP contribution in [0.4, 0.5) is 11.5 Å². The van der Waals surface area contributed by atoms with Gasteiger partial charge >= 0.3 is 5.97 Å². The highest BCUT2D eigenvalue weighted by molar-refractivity contribution is 5.95. The van der Waals surface area contributed by atoms with Gasteiger partial charge in [0, 0.05) is 19.0 Å². The molecule has 0 unspecified atom stereocenters. The molecule has 4 N–H and O–H groups in total. The number of pyridine rings is 1. The minimum absolute atomic E-state index is 0.0430. The lowest BCUT2D eigenvalue weighted by atomic mass is 10.2. The van der Waals surface area contributed by atoms with Gasteiger partial charge in [0.05, 0.1) is 24.1 Å². The van der Waals surface area contributed by atoms with Crippen LogP contribution in [0.2, 0.25) is 0 Å². The Morgan fingerprint density at radius 1 is 1.43 bits per heavy atom. The van der Waals surface area contributed by atoms with Gasteiger partial charge in [0.15, 0.2) is 0 Å². The third-order valence-electron chi connectivity index (χ3n) is 2.54. The van der Waals surface area contributed by atoms with Crippen LogP contribution in [0.15, 0.2) is 12.3 Å². The number of nitrogens with two attached hydrogens (primary N) is 1. The van der Waals surface area contributed by atoms with E-state index in [0.717, 1.165) is 0 Å². The summed E-state index contributed by atoms with van der Waals surface area (Å²) in [4.78, 5) is 27.3. The Balaban J connectivity index is 2.58. The number of carbonyl (C=O) groups is 2. The highest BCUT2D eigenvalue weighted by Gasteiger charge is 2.12. The van der Waals surface area contributed by atoms with Gasteiger partial charge in [-0.05, 0) is 26.8 Å². The first-order valence-electron chi connectivity index (χ1n) is 6.90. The zero-order valence-electron chi connectivity index (χ0n) is 12.6. The summed E-state index contributed by atoms with van der Waals surface area (Å²) >= 11 is 0. The van der Waals surface area contributed by atoms with Gasteiger partial charge in [-0.25, -0.2) is 9.78 Å². The molecule has 21 heavy (non-hydrogen) atoms. The van der Waals surface area contributed by atoms with Gasteiger partial charge in [-0.15, -0.1) is 0 Å². The summed E-state index contributed by atoms with van der Waals surface area (Å²) in [6, 6.07) is 1.63. The lowest BCUT2D eigenvalue weighted by Crippen LogP contribution is -2.31. The summed E-state index contributed by atoms with van der Waals surface area (Å²) in [5.74, 6) is -0.0545. The van der Waals surface area contributed by atoms with Crippen LogP contribution >= 0.6 is 0 Å². The number of hydrogen-bond donors (Lipinski definition) is 3. The second-order valence-corrected chi connectivity index (χ2v) is 4.78. The second-order valence-electron chi connectivity index (χ2n) is 4.78. The lowest BCUT2D eigenvalue weighted by molar-refractivity contribution is -0.121. The van der Waals surface area contributed by atoms with E-state index in [-0.39, 0.29) is 29.8 Å². The van der Waals surface area contributed by atoms with Crippen molar-refractivity contribution in [1.29, 1.82) is 0 Å². The molecule has 7 heteroatoms. The fraction of sp³-hybridized carbons (Fsp3) is 0.500. The number of nitrogens with one attached hydrogen (secondary N) is 2. The summed E-state index contributed by atoms with van der Waals surface area (Å²) in [6.45, 7) is 6.22. The van der Waals surface area contributed by atoms with Gasteiger partial charge in [0.25, 0.3) is 0 Å². The van der Waals surface area contributed by atoms with Crippen molar-refractivity contribution in [2.45, 2.75) is 33.2 Å². The van der Waals surface area contributed by atoms with Crippen molar-refractivity contribution in [2.24, 2.45) is 0 Å². The summed E-state index contributed by atoms with van der Waals surface area (Å²) in [6.07, 6.45) is 1.71. The van der Waals surface area contributed by atoms with Crippen molar-refractivity contribution in [3.63, 3.8) is 0 Å². The highest BCUT2D eigenvalue weighted by atomic mass is 16.5. The number of anilines is 2. The molecular formula is C14H22N4O3. The van der Waals surface area contributed by atoms with E-state index < -0.39 is 5.97 Å². The molecule has 1 amide bonds. The van der Waals surface area contributed by atoms with Gasteiger partial charge in [0.1, 0.15) is 5.82 Å². The lowest BCUT2D eigenvalue weighted by Gasteiger charge is -2.10. The SMILES string of the molecule is CCOC(=O)c1cc(NCCC(=O)NC(C)C)ncc1N. The van der Waals surface area contributed by atoms with E-state index in [0.29, 0.717) is 18.8 Å². The van der Waals surface area contributed by atoms with Crippen LogP contribution in [0.5, 0.6) is 0 Å².